The minimum Gasteiger partial charge on any atom is -0.375 e. The molecule has 1 aromatic rings. The van der Waals surface area contributed by atoms with E-state index in [1.54, 1.807) is 0 Å². The SMILES string of the molecule is CN=C(NCc1ccc(CN2CC(C)CC(C)C2)cc1)N1CCOC(C2CCCO2)C1.I. The number of likely N-dealkylation sites (tertiary alicyclic amines) is 1. The molecule has 1 N–H and O–H groups in total. The highest BCUT2D eigenvalue weighted by atomic mass is 127. The van der Waals surface area contributed by atoms with Gasteiger partial charge in [-0.2, -0.15) is 0 Å². The number of nitrogens with zero attached hydrogens (tertiary/aromatic N) is 3. The molecule has 1 aromatic carbocycles. The first kappa shape index (κ1) is 25.7. The molecule has 0 amide bonds. The summed E-state index contributed by atoms with van der Waals surface area (Å²) in [7, 11) is 1.86. The molecule has 0 aliphatic carbocycles. The second kappa shape index (κ2) is 12.5. The van der Waals surface area contributed by atoms with Crippen LogP contribution in [0.15, 0.2) is 29.3 Å². The van der Waals surface area contributed by atoms with Gasteiger partial charge in [0, 0.05) is 52.9 Å². The first-order valence-corrected chi connectivity index (χ1v) is 12.1. The first-order valence-electron chi connectivity index (χ1n) is 12.1. The van der Waals surface area contributed by atoms with Crippen molar-refractivity contribution in [3.8, 4) is 0 Å². The minimum atomic E-state index is 0. The third-order valence-electron chi connectivity index (χ3n) is 6.81. The fourth-order valence-corrected chi connectivity index (χ4v) is 5.44. The summed E-state index contributed by atoms with van der Waals surface area (Å²) in [5, 5.41) is 3.55. The molecule has 32 heavy (non-hydrogen) atoms. The molecule has 3 fully saturated rings. The van der Waals surface area contributed by atoms with Crippen LogP contribution in [0.1, 0.15) is 44.2 Å². The minimum absolute atomic E-state index is 0. The molecule has 0 radical (unpaired) electrons. The van der Waals surface area contributed by atoms with Crippen LogP contribution in [0.25, 0.3) is 0 Å². The van der Waals surface area contributed by atoms with Crippen LogP contribution in [0.2, 0.25) is 0 Å². The van der Waals surface area contributed by atoms with E-state index in [1.807, 2.05) is 7.05 Å². The summed E-state index contributed by atoms with van der Waals surface area (Å²) >= 11 is 0. The predicted molar refractivity (Wildman–Crippen MR) is 141 cm³/mol. The Hall–Kier alpha value is -0.900. The van der Waals surface area contributed by atoms with Gasteiger partial charge in [0.1, 0.15) is 6.10 Å². The van der Waals surface area contributed by atoms with Gasteiger partial charge >= 0.3 is 0 Å². The lowest BCUT2D eigenvalue weighted by atomic mass is 9.91. The van der Waals surface area contributed by atoms with Crippen LogP contribution in [0.5, 0.6) is 0 Å². The van der Waals surface area contributed by atoms with Crippen molar-refractivity contribution in [2.24, 2.45) is 16.8 Å². The molecule has 4 rings (SSSR count). The van der Waals surface area contributed by atoms with Gasteiger partial charge in [0.05, 0.1) is 12.7 Å². The van der Waals surface area contributed by atoms with E-state index < -0.39 is 0 Å². The molecule has 0 aromatic heterocycles. The summed E-state index contributed by atoms with van der Waals surface area (Å²) in [5.41, 5.74) is 2.69. The molecule has 3 heterocycles. The summed E-state index contributed by atoms with van der Waals surface area (Å²) in [6.45, 7) is 12.3. The number of benzene rings is 1. The van der Waals surface area contributed by atoms with E-state index in [4.69, 9.17) is 9.47 Å². The zero-order valence-electron chi connectivity index (χ0n) is 20.0. The third-order valence-corrected chi connectivity index (χ3v) is 6.81. The Kier molecular flexibility index (Phi) is 10.1. The van der Waals surface area contributed by atoms with Crippen LogP contribution < -0.4 is 5.32 Å². The van der Waals surface area contributed by atoms with Gasteiger partial charge in [0.2, 0.25) is 0 Å². The smallest absolute Gasteiger partial charge is 0.194 e. The molecule has 4 unspecified atom stereocenters. The number of rotatable bonds is 5. The Morgan fingerprint density at radius 2 is 1.69 bits per heavy atom. The summed E-state index contributed by atoms with van der Waals surface area (Å²) in [4.78, 5) is 9.44. The number of ether oxygens (including phenoxy) is 2. The summed E-state index contributed by atoms with van der Waals surface area (Å²) in [6.07, 6.45) is 3.99. The number of morpholine rings is 1. The average Bonchev–Trinajstić information content (AvgIpc) is 3.30. The van der Waals surface area contributed by atoms with Crippen LogP contribution >= 0.6 is 24.0 Å². The van der Waals surface area contributed by atoms with Gasteiger partial charge in [-0.3, -0.25) is 9.89 Å². The van der Waals surface area contributed by atoms with Crippen molar-refractivity contribution in [1.29, 1.82) is 0 Å². The first-order chi connectivity index (χ1) is 15.1. The third kappa shape index (κ3) is 7.05. The van der Waals surface area contributed by atoms with E-state index in [2.05, 4.69) is 58.2 Å². The van der Waals surface area contributed by atoms with Crippen molar-refractivity contribution in [2.75, 3.05) is 46.4 Å². The normalized spacial score (nSPS) is 29.6. The number of nitrogens with one attached hydrogen (secondary N) is 1. The number of aliphatic imine (C=N–C) groups is 1. The number of hydrogen-bond acceptors (Lipinski definition) is 4. The van der Waals surface area contributed by atoms with Crippen LogP contribution in [-0.4, -0.2) is 74.4 Å². The molecular formula is C25H41IN4O2. The number of halogens is 1. The predicted octanol–water partition coefficient (Wildman–Crippen LogP) is 3.74. The molecule has 3 aliphatic rings. The van der Waals surface area contributed by atoms with Crippen molar-refractivity contribution in [3.05, 3.63) is 35.4 Å². The zero-order valence-corrected chi connectivity index (χ0v) is 22.3. The van der Waals surface area contributed by atoms with Crippen LogP contribution in [0, 0.1) is 11.8 Å². The Balaban J connectivity index is 0.00000289. The highest BCUT2D eigenvalue weighted by molar-refractivity contribution is 14.0. The average molecular weight is 557 g/mol. The molecule has 0 saturated carbocycles. The topological polar surface area (TPSA) is 49.3 Å². The molecule has 4 atom stereocenters. The molecule has 0 spiro atoms. The van der Waals surface area contributed by atoms with Crippen molar-refractivity contribution < 1.29 is 9.47 Å². The fraction of sp³-hybridized carbons (Fsp3) is 0.720. The Labute approximate surface area is 211 Å². The number of guanidine groups is 1. The quantitative estimate of drug-likeness (QED) is 0.341. The largest absolute Gasteiger partial charge is 0.375 e. The highest BCUT2D eigenvalue weighted by Gasteiger charge is 2.32. The van der Waals surface area contributed by atoms with E-state index in [0.717, 1.165) is 70.0 Å². The lowest BCUT2D eigenvalue weighted by Crippen LogP contribution is -2.53. The fourth-order valence-electron chi connectivity index (χ4n) is 5.44. The summed E-state index contributed by atoms with van der Waals surface area (Å²) in [6, 6.07) is 9.07. The van der Waals surface area contributed by atoms with Gasteiger partial charge in [-0.25, -0.2) is 0 Å². The maximum atomic E-state index is 5.98. The van der Waals surface area contributed by atoms with Gasteiger partial charge in [-0.15, -0.1) is 24.0 Å². The zero-order chi connectivity index (χ0) is 21.6. The van der Waals surface area contributed by atoms with E-state index in [0.29, 0.717) is 0 Å². The summed E-state index contributed by atoms with van der Waals surface area (Å²) < 4.78 is 11.8. The maximum Gasteiger partial charge on any atom is 0.194 e. The molecule has 6 nitrogen and oxygen atoms in total. The second-order valence-corrected chi connectivity index (χ2v) is 9.76. The monoisotopic (exact) mass is 556 g/mol. The van der Waals surface area contributed by atoms with E-state index in [9.17, 15) is 0 Å². The van der Waals surface area contributed by atoms with Gasteiger partial charge in [0.25, 0.3) is 0 Å². The molecule has 180 valence electrons. The van der Waals surface area contributed by atoms with Gasteiger partial charge in [0.15, 0.2) is 5.96 Å². The van der Waals surface area contributed by atoms with Crippen molar-refractivity contribution in [1.82, 2.24) is 15.1 Å². The van der Waals surface area contributed by atoms with Crippen LogP contribution in [-0.2, 0) is 22.6 Å². The highest BCUT2D eigenvalue weighted by Crippen LogP contribution is 2.23. The van der Waals surface area contributed by atoms with E-state index >= 15 is 0 Å². The molecular weight excluding hydrogens is 515 g/mol. The summed E-state index contributed by atoms with van der Waals surface area (Å²) in [5.74, 6) is 2.56. The van der Waals surface area contributed by atoms with Crippen molar-refractivity contribution in [3.63, 3.8) is 0 Å². The Morgan fingerprint density at radius 1 is 1.00 bits per heavy atom. The van der Waals surface area contributed by atoms with Gasteiger partial charge in [-0.1, -0.05) is 38.1 Å². The van der Waals surface area contributed by atoms with Gasteiger partial charge in [-0.05, 0) is 42.2 Å². The number of hydrogen-bond donors (Lipinski definition) is 1. The molecule has 3 saturated heterocycles. The molecule has 7 heteroatoms. The van der Waals surface area contributed by atoms with E-state index in [-0.39, 0.29) is 36.2 Å². The Morgan fingerprint density at radius 3 is 2.34 bits per heavy atom. The maximum absolute atomic E-state index is 5.98. The van der Waals surface area contributed by atoms with Crippen molar-refractivity contribution >= 4 is 29.9 Å². The lowest BCUT2D eigenvalue weighted by Gasteiger charge is -2.37. The van der Waals surface area contributed by atoms with Crippen LogP contribution in [0.3, 0.4) is 0 Å². The second-order valence-electron chi connectivity index (χ2n) is 9.76. The number of piperidine rings is 1. The van der Waals surface area contributed by atoms with E-state index in [1.165, 1.54) is 30.6 Å². The van der Waals surface area contributed by atoms with Crippen molar-refractivity contribution in [2.45, 2.75) is 58.4 Å². The molecule has 3 aliphatic heterocycles. The lowest BCUT2D eigenvalue weighted by molar-refractivity contribution is -0.0817. The molecule has 0 bridgehead atoms. The van der Waals surface area contributed by atoms with Gasteiger partial charge < -0.3 is 19.7 Å². The van der Waals surface area contributed by atoms with Crippen LogP contribution in [0.4, 0.5) is 0 Å². The Bertz CT molecular complexity index is 713. The standard InChI is InChI=1S/C25H40N4O2.HI/c1-19-13-20(2)16-28(15-19)17-22-8-6-21(7-9-22)14-27-25(26-3)29-10-12-31-24(18-29)23-5-4-11-30-23;/h6-9,19-20,23-24H,4-5,10-18H2,1-3H3,(H,26,27);1H.